The van der Waals surface area contributed by atoms with Crippen molar-refractivity contribution in [3.63, 3.8) is 0 Å². The molecule has 0 spiro atoms. The van der Waals surface area contributed by atoms with Crippen LogP contribution in [0.3, 0.4) is 0 Å². The van der Waals surface area contributed by atoms with E-state index in [0.29, 0.717) is 0 Å². The highest BCUT2D eigenvalue weighted by Crippen LogP contribution is 2.12. The van der Waals surface area contributed by atoms with E-state index in [-0.39, 0.29) is 9.79 Å². The van der Waals surface area contributed by atoms with Gasteiger partial charge in [0.1, 0.15) is 6.54 Å². The van der Waals surface area contributed by atoms with Gasteiger partial charge in [0.15, 0.2) is 0 Å². The van der Waals surface area contributed by atoms with E-state index < -0.39 is 32.6 Å². The minimum absolute atomic E-state index is 0.236. The summed E-state index contributed by atoms with van der Waals surface area (Å²) in [4.78, 5) is 9.75. The van der Waals surface area contributed by atoms with Gasteiger partial charge in [0.25, 0.3) is 0 Å². The molecular formula is C8H10N2O6S2. The molecule has 10 heteroatoms. The van der Waals surface area contributed by atoms with E-state index in [2.05, 4.69) is 0 Å². The number of hydrogen-bond donors (Lipinski definition) is 3. The monoisotopic (exact) mass is 294 g/mol. The summed E-state index contributed by atoms with van der Waals surface area (Å²) >= 11 is 0. The Hall–Kier alpha value is -1.49. The number of hydrogen-bond acceptors (Lipinski definition) is 5. The Morgan fingerprint density at radius 1 is 1.11 bits per heavy atom. The second kappa shape index (κ2) is 5.02. The number of carboxylic acids is 1. The molecule has 0 unspecified atom stereocenters. The van der Waals surface area contributed by atoms with Gasteiger partial charge < -0.3 is 5.11 Å². The lowest BCUT2D eigenvalue weighted by Gasteiger charge is -2.05. The molecule has 8 nitrogen and oxygen atoms in total. The fraction of sp³-hybridized carbons (Fsp3) is 0.125. The minimum atomic E-state index is -3.98. The molecule has 0 aliphatic rings. The maximum absolute atomic E-state index is 11.5. The van der Waals surface area contributed by atoms with Crippen LogP contribution >= 0.6 is 0 Å². The predicted molar refractivity (Wildman–Crippen MR) is 60.6 cm³/mol. The Morgan fingerprint density at radius 3 is 1.94 bits per heavy atom. The van der Waals surface area contributed by atoms with Crippen LogP contribution < -0.4 is 9.86 Å². The number of carboxylic acid groups (broad SMARTS) is 1. The number of primary sulfonamides is 1. The first-order valence-corrected chi connectivity index (χ1v) is 7.50. The van der Waals surface area contributed by atoms with Crippen molar-refractivity contribution >= 4 is 26.0 Å². The van der Waals surface area contributed by atoms with Crippen molar-refractivity contribution in [1.82, 2.24) is 4.72 Å². The molecular weight excluding hydrogens is 284 g/mol. The molecule has 1 aromatic rings. The Labute approximate surface area is 104 Å². The fourth-order valence-electron chi connectivity index (χ4n) is 1.05. The third-order valence-electron chi connectivity index (χ3n) is 1.88. The van der Waals surface area contributed by atoms with Gasteiger partial charge in [-0.15, -0.1) is 0 Å². The lowest BCUT2D eigenvalue weighted by molar-refractivity contribution is -0.135. The summed E-state index contributed by atoms with van der Waals surface area (Å²) in [5.41, 5.74) is 0. The van der Waals surface area contributed by atoms with E-state index in [9.17, 15) is 21.6 Å². The molecule has 0 heterocycles. The summed E-state index contributed by atoms with van der Waals surface area (Å²) in [7, 11) is -7.88. The summed E-state index contributed by atoms with van der Waals surface area (Å²) in [6.45, 7) is -0.765. The standard InChI is InChI=1S/C8H10N2O6S2/c9-17(13,14)6-1-3-7(4-2-6)18(15,16)10-5-8(11)12/h1-4,10H,5H2,(H,11,12)(H2,9,13,14). The van der Waals surface area contributed by atoms with Crippen molar-refractivity contribution in [1.29, 1.82) is 0 Å². The van der Waals surface area contributed by atoms with Crippen LogP contribution in [-0.2, 0) is 24.8 Å². The molecule has 18 heavy (non-hydrogen) atoms. The van der Waals surface area contributed by atoms with Crippen molar-refractivity contribution in [2.75, 3.05) is 6.54 Å². The molecule has 4 N–H and O–H groups in total. The average molecular weight is 294 g/mol. The van der Waals surface area contributed by atoms with E-state index in [1.807, 2.05) is 4.72 Å². The molecule has 0 saturated carbocycles. The molecule has 0 atom stereocenters. The van der Waals surface area contributed by atoms with Gasteiger partial charge in [-0.2, -0.15) is 4.72 Å². The van der Waals surface area contributed by atoms with Gasteiger partial charge in [0, 0.05) is 0 Å². The summed E-state index contributed by atoms with van der Waals surface area (Å²) in [5, 5.41) is 13.2. The fourth-order valence-corrected chi connectivity index (χ4v) is 2.54. The third kappa shape index (κ3) is 3.77. The maximum atomic E-state index is 11.5. The van der Waals surface area contributed by atoms with Crippen LogP contribution in [-0.4, -0.2) is 34.5 Å². The van der Waals surface area contributed by atoms with Crippen molar-refractivity contribution < 1.29 is 26.7 Å². The quantitative estimate of drug-likeness (QED) is 0.615. The van der Waals surface area contributed by atoms with Crippen molar-refractivity contribution in [2.24, 2.45) is 5.14 Å². The molecule has 0 bridgehead atoms. The van der Waals surface area contributed by atoms with Gasteiger partial charge in [-0.25, -0.2) is 22.0 Å². The van der Waals surface area contributed by atoms with E-state index >= 15 is 0 Å². The smallest absolute Gasteiger partial charge is 0.318 e. The second-order valence-electron chi connectivity index (χ2n) is 3.23. The van der Waals surface area contributed by atoms with Gasteiger partial charge in [0.05, 0.1) is 9.79 Å². The molecule has 0 radical (unpaired) electrons. The number of aliphatic carboxylic acids is 1. The molecule has 0 aliphatic heterocycles. The van der Waals surface area contributed by atoms with Crippen molar-refractivity contribution in [3.05, 3.63) is 24.3 Å². The average Bonchev–Trinajstić information content (AvgIpc) is 2.26. The highest BCUT2D eigenvalue weighted by atomic mass is 32.2. The number of nitrogens with one attached hydrogen (secondary N) is 1. The Balaban J connectivity index is 3.02. The molecule has 0 aliphatic carbocycles. The number of sulfonamides is 2. The highest BCUT2D eigenvalue weighted by Gasteiger charge is 2.16. The molecule has 0 aromatic heterocycles. The van der Waals surface area contributed by atoms with E-state index in [1.165, 1.54) is 0 Å². The minimum Gasteiger partial charge on any atom is -0.480 e. The van der Waals surface area contributed by atoms with Gasteiger partial charge in [-0.3, -0.25) is 4.79 Å². The van der Waals surface area contributed by atoms with Crippen LogP contribution in [0.1, 0.15) is 0 Å². The SMILES string of the molecule is NS(=O)(=O)c1ccc(S(=O)(=O)NCC(=O)O)cc1. The summed E-state index contributed by atoms with van der Waals surface area (Å²) in [6.07, 6.45) is 0. The molecule has 0 fully saturated rings. The van der Waals surface area contributed by atoms with Gasteiger partial charge in [0.2, 0.25) is 20.0 Å². The largest absolute Gasteiger partial charge is 0.480 e. The van der Waals surface area contributed by atoms with Crippen LogP contribution in [0.15, 0.2) is 34.1 Å². The molecule has 100 valence electrons. The Bertz CT molecular complexity index is 647. The third-order valence-corrected chi connectivity index (χ3v) is 4.22. The Morgan fingerprint density at radius 2 is 1.56 bits per heavy atom. The lowest BCUT2D eigenvalue weighted by Crippen LogP contribution is -2.29. The van der Waals surface area contributed by atoms with Crippen LogP contribution in [0, 0.1) is 0 Å². The van der Waals surface area contributed by atoms with Crippen LogP contribution in [0.5, 0.6) is 0 Å². The maximum Gasteiger partial charge on any atom is 0.318 e. The van der Waals surface area contributed by atoms with E-state index in [0.717, 1.165) is 24.3 Å². The highest BCUT2D eigenvalue weighted by molar-refractivity contribution is 7.89. The summed E-state index contributed by atoms with van der Waals surface area (Å²) in [6, 6.07) is 4.07. The number of nitrogens with two attached hydrogens (primary N) is 1. The van der Waals surface area contributed by atoms with E-state index in [1.54, 1.807) is 0 Å². The summed E-state index contributed by atoms with van der Waals surface area (Å²) in [5.74, 6) is -1.33. The zero-order valence-corrected chi connectivity index (χ0v) is 10.5. The Kier molecular flexibility index (Phi) is 4.06. The van der Waals surface area contributed by atoms with Gasteiger partial charge >= 0.3 is 5.97 Å². The van der Waals surface area contributed by atoms with Crippen LogP contribution in [0.4, 0.5) is 0 Å². The first kappa shape index (κ1) is 14.6. The van der Waals surface area contributed by atoms with Crippen molar-refractivity contribution in [3.8, 4) is 0 Å². The number of rotatable bonds is 5. The molecule has 1 aromatic carbocycles. The number of benzene rings is 1. The first-order chi connectivity index (χ1) is 8.13. The lowest BCUT2D eigenvalue weighted by atomic mass is 10.4. The normalized spacial score (nSPS) is 12.3. The van der Waals surface area contributed by atoms with Gasteiger partial charge in [-0.1, -0.05) is 0 Å². The van der Waals surface area contributed by atoms with Crippen LogP contribution in [0.25, 0.3) is 0 Å². The predicted octanol–water partition coefficient (Wildman–Crippen LogP) is -1.30. The molecule has 1 rings (SSSR count). The topological polar surface area (TPSA) is 144 Å². The van der Waals surface area contributed by atoms with Crippen LogP contribution in [0.2, 0.25) is 0 Å². The number of carbonyl (C=O) groups is 1. The zero-order valence-electron chi connectivity index (χ0n) is 8.90. The zero-order chi connectivity index (χ0) is 14.0. The second-order valence-corrected chi connectivity index (χ2v) is 6.56. The summed E-state index contributed by atoms with van der Waals surface area (Å²) < 4.78 is 46.8. The van der Waals surface area contributed by atoms with Crippen molar-refractivity contribution in [2.45, 2.75) is 9.79 Å². The van der Waals surface area contributed by atoms with E-state index in [4.69, 9.17) is 10.2 Å². The molecule has 0 amide bonds. The van der Waals surface area contributed by atoms with Gasteiger partial charge in [-0.05, 0) is 24.3 Å². The molecule has 0 saturated heterocycles. The first-order valence-electron chi connectivity index (χ1n) is 4.47.